The largest absolute Gasteiger partial charge is 0.494 e. The van der Waals surface area contributed by atoms with E-state index in [4.69, 9.17) is 18.6 Å². The van der Waals surface area contributed by atoms with Gasteiger partial charge in [0.2, 0.25) is 12.7 Å². The Morgan fingerprint density at radius 1 is 1.03 bits per heavy atom. The van der Waals surface area contributed by atoms with Crippen LogP contribution < -0.4 is 19.5 Å². The summed E-state index contributed by atoms with van der Waals surface area (Å²) < 4.78 is 22.1. The van der Waals surface area contributed by atoms with Crippen molar-refractivity contribution in [2.45, 2.75) is 33.5 Å². The molecule has 0 atom stereocenters. The molecule has 4 rings (SSSR count). The first kappa shape index (κ1) is 21.7. The Labute approximate surface area is 187 Å². The van der Waals surface area contributed by atoms with E-state index in [2.05, 4.69) is 15.2 Å². The molecule has 1 amide bonds. The van der Waals surface area contributed by atoms with E-state index in [0.29, 0.717) is 38.7 Å². The molecule has 2 aromatic carbocycles. The van der Waals surface area contributed by atoms with Gasteiger partial charge in [-0.3, -0.25) is 9.69 Å². The van der Waals surface area contributed by atoms with Gasteiger partial charge in [-0.2, -0.15) is 0 Å². The molecule has 2 heterocycles. The summed E-state index contributed by atoms with van der Waals surface area (Å²) in [5, 5.41) is 2.73. The molecule has 32 heavy (non-hydrogen) atoms. The van der Waals surface area contributed by atoms with Crippen LogP contribution in [-0.2, 0) is 19.6 Å². The van der Waals surface area contributed by atoms with Crippen LogP contribution in [-0.4, -0.2) is 35.7 Å². The first-order chi connectivity index (χ1) is 15.6. The third-order valence-corrected chi connectivity index (χ3v) is 4.96. The van der Waals surface area contributed by atoms with Crippen molar-refractivity contribution in [3.05, 3.63) is 71.4 Å². The zero-order valence-electron chi connectivity index (χ0n) is 18.3. The molecule has 168 valence electrons. The summed E-state index contributed by atoms with van der Waals surface area (Å²) in [4.78, 5) is 18.6. The molecule has 0 fully saturated rings. The predicted octanol–water partition coefficient (Wildman–Crippen LogP) is 3.75. The van der Waals surface area contributed by atoms with Gasteiger partial charge < -0.3 is 23.9 Å². The van der Waals surface area contributed by atoms with Crippen molar-refractivity contribution in [3.8, 4) is 17.2 Å². The second-order valence-electron chi connectivity index (χ2n) is 7.40. The third-order valence-electron chi connectivity index (χ3n) is 4.96. The van der Waals surface area contributed by atoms with Gasteiger partial charge in [0, 0.05) is 19.6 Å². The highest BCUT2D eigenvalue weighted by Gasteiger charge is 2.18. The van der Waals surface area contributed by atoms with Gasteiger partial charge in [0.05, 0.1) is 13.2 Å². The second kappa shape index (κ2) is 10.2. The Kier molecular flexibility index (Phi) is 6.91. The van der Waals surface area contributed by atoms with E-state index in [0.717, 1.165) is 28.4 Å². The topological polar surface area (TPSA) is 86.1 Å². The first-order valence-electron chi connectivity index (χ1n) is 10.7. The minimum Gasteiger partial charge on any atom is -0.494 e. The highest BCUT2D eigenvalue weighted by atomic mass is 16.7. The fourth-order valence-electron chi connectivity index (χ4n) is 3.51. The lowest BCUT2D eigenvalue weighted by atomic mass is 10.1. The standard InChI is InChI=1S/C24H27N3O5/c1-3-25-24(28)20-15-30-23(26-20)14-27(12-17-5-8-19(9-6-17)29-4-2)13-18-7-10-21-22(11-18)32-16-31-21/h5-11,15H,3-4,12-14,16H2,1-2H3,(H,25,28). The van der Waals surface area contributed by atoms with Crippen molar-refractivity contribution in [2.75, 3.05) is 19.9 Å². The lowest BCUT2D eigenvalue weighted by molar-refractivity contribution is 0.0950. The third kappa shape index (κ3) is 5.39. The number of amides is 1. The minimum atomic E-state index is -0.240. The summed E-state index contributed by atoms with van der Waals surface area (Å²) in [5.41, 5.74) is 2.49. The normalized spacial score (nSPS) is 12.2. The highest BCUT2D eigenvalue weighted by Crippen LogP contribution is 2.33. The van der Waals surface area contributed by atoms with Crippen molar-refractivity contribution in [3.63, 3.8) is 0 Å². The summed E-state index contributed by atoms with van der Waals surface area (Å²) >= 11 is 0. The molecule has 8 heteroatoms. The van der Waals surface area contributed by atoms with Gasteiger partial charge in [-0.15, -0.1) is 0 Å². The zero-order valence-corrected chi connectivity index (χ0v) is 18.3. The van der Waals surface area contributed by atoms with E-state index in [1.54, 1.807) is 0 Å². The summed E-state index contributed by atoms with van der Waals surface area (Å²) in [5.74, 6) is 2.59. The van der Waals surface area contributed by atoms with Crippen LogP contribution >= 0.6 is 0 Å². The Bertz CT molecular complexity index is 1050. The number of nitrogens with one attached hydrogen (secondary N) is 1. The van der Waals surface area contributed by atoms with E-state index in [9.17, 15) is 4.79 Å². The maximum Gasteiger partial charge on any atom is 0.273 e. The van der Waals surface area contributed by atoms with Crippen LogP contribution in [0.4, 0.5) is 0 Å². The molecule has 0 aliphatic carbocycles. The summed E-state index contributed by atoms with van der Waals surface area (Å²) in [6.45, 7) is 7.00. The Balaban J connectivity index is 1.51. The number of fused-ring (bicyclic) bond motifs is 1. The van der Waals surface area contributed by atoms with Crippen LogP contribution in [0.15, 0.2) is 53.1 Å². The van der Waals surface area contributed by atoms with Gasteiger partial charge in [-0.05, 0) is 49.2 Å². The van der Waals surface area contributed by atoms with Crippen LogP contribution in [0.5, 0.6) is 17.2 Å². The molecule has 0 spiro atoms. The number of ether oxygens (including phenoxy) is 3. The Morgan fingerprint density at radius 3 is 2.56 bits per heavy atom. The van der Waals surface area contributed by atoms with Crippen molar-refractivity contribution in [1.82, 2.24) is 15.2 Å². The molecule has 0 bridgehead atoms. The molecule has 0 unspecified atom stereocenters. The molecular weight excluding hydrogens is 410 g/mol. The maximum atomic E-state index is 12.0. The minimum absolute atomic E-state index is 0.240. The first-order valence-corrected chi connectivity index (χ1v) is 10.7. The number of aromatic nitrogens is 1. The van der Waals surface area contributed by atoms with E-state index in [1.807, 2.05) is 56.3 Å². The number of nitrogens with zero attached hydrogens (tertiary/aromatic N) is 2. The Morgan fingerprint density at radius 2 is 1.78 bits per heavy atom. The van der Waals surface area contributed by atoms with Crippen LogP contribution in [0.2, 0.25) is 0 Å². The maximum absolute atomic E-state index is 12.0. The number of hydrogen-bond donors (Lipinski definition) is 1. The van der Waals surface area contributed by atoms with E-state index < -0.39 is 0 Å². The van der Waals surface area contributed by atoms with Gasteiger partial charge >= 0.3 is 0 Å². The summed E-state index contributed by atoms with van der Waals surface area (Å²) in [6, 6.07) is 14.0. The molecule has 1 aliphatic rings. The Hall–Kier alpha value is -3.52. The van der Waals surface area contributed by atoms with E-state index in [1.165, 1.54) is 6.26 Å². The molecule has 1 aromatic heterocycles. The molecule has 0 saturated carbocycles. The number of rotatable bonds is 10. The quantitative estimate of drug-likeness (QED) is 0.517. The number of carbonyl (C=O) groups is 1. The van der Waals surface area contributed by atoms with E-state index in [-0.39, 0.29) is 18.4 Å². The predicted molar refractivity (Wildman–Crippen MR) is 118 cm³/mol. The van der Waals surface area contributed by atoms with Crippen molar-refractivity contribution in [1.29, 1.82) is 0 Å². The molecule has 8 nitrogen and oxygen atoms in total. The van der Waals surface area contributed by atoms with Gasteiger partial charge in [-0.25, -0.2) is 4.98 Å². The fraction of sp³-hybridized carbons (Fsp3) is 0.333. The molecular formula is C24H27N3O5. The lowest BCUT2D eigenvalue weighted by Crippen LogP contribution is -2.24. The number of oxazole rings is 1. The lowest BCUT2D eigenvalue weighted by Gasteiger charge is -2.21. The number of carbonyl (C=O) groups excluding carboxylic acids is 1. The van der Waals surface area contributed by atoms with Crippen molar-refractivity contribution in [2.24, 2.45) is 0 Å². The van der Waals surface area contributed by atoms with Crippen LogP contribution in [0.1, 0.15) is 41.4 Å². The zero-order chi connectivity index (χ0) is 22.3. The van der Waals surface area contributed by atoms with Gasteiger partial charge in [0.15, 0.2) is 17.2 Å². The van der Waals surface area contributed by atoms with Crippen LogP contribution in [0, 0.1) is 0 Å². The van der Waals surface area contributed by atoms with Crippen LogP contribution in [0.3, 0.4) is 0 Å². The monoisotopic (exact) mass is 437 g/mol. The van der Waals surface area contributed by atoms with Gasteiger partial charge in [0.1, 0.15) is 12.0 Å². The molecule has 0 saturated heterocycles. The smallest absolute Gasteiger partial charge is 0.273 e. The molecule has 0 radical (unpaired) electrons. The molecule has 1 N–H and O–H groups in total. The number of benzene rings is 2. The fourth-order valence-corrected chi connectivity index (χ4v) is 3.51. The van der Waals surface area contributed by atoms with Gasteiger partial charge in [-0.1, -0.05) is 18.2 Å². The van der Waals surface area contributed by atoms with Crippen molar-refractivity contribution < 1.29 is 23.4 Å². The van der Waals surface area contributed by atoms with Gasteiger partial charge in [0.25, 0.3) is 5.91 Å². The molecule has 1 aliphatic heterocycles. The molecule has 3 aromatic rings. The second-order valence-corrected chi connectivity index (χ2v) is 7.40. The average molecular weight is 437 g/mol. The average Bonchev–Trinajstić information content (AvgIpc) is 3.45. The van der Waals surface area contributed by atoms with E-state index >= 15 is 0 Å². The highest BCUT2D eigenvalue weighted by molar-refractivity contribution is 5.91. The summed E-state index contributed by atoms with van der Waals surface area (Å²) in [6.07, 6.45) is 1.40. The SMILES string of the molecule is CCNC(=O)c1coc(CN(Cc2ccc(OCC)cc2)Cc2ccc3c(c2)OCO3)n1. The van der Waals surface area contributed by atoms with Crippen molar-refractivity contribution >= 4 is 5.91 Å². The number of hydrogen-bond acceptors (Lipinski definition) is 7. The summed E-state index contributed by atoms with van der Waals surface area (Å²) in [7, 11) is 0. The van der Waals surface area contributed by atoms with Crippen LogP contribution in [0.25, 0.3) is 0 Å².